The Morgan fingerprint density at radius 1 is 0.968 bits per heavy atom. The van der Waals surface area contributed by atoms with Crippen LogP contribution >= 0.6 is 23.4 Å². The van der Waals surface area contributed by atoms with Gasteiger partial charge in [0.15, 0.2) is 0 Å². The second kappa shape index (κ2) is 9.90. The summed E-state index contributed by atoms with van der Waals surface area (Å²) in [6, 6.07) is 27.2. The van der Waals surface area contributed by atoms with E-state index in [9.17, 15) is 4.79 Å². The fourth-order valence-corrected chi connectivity index (χ4v) is 4.35. The molecule has 0 aliphatic rings. The molecule has 0 unspecified atom stereocenters. The molecule has 0 aromatic heterocycles. The van der Waals surface area contributed by atoms with Crippen molar-refractivity contribution in [2.24, 2.45) is 0 Å². The molecule has 31 heavy (non-hydrogen) atoms. The van der Waals surface area contributed by atoms with Crippen LogP contribution in [0.1, 0.15) is 22.8 Å². The summed E-state index contributed by atoms with van der Waals surface area (Å²) in [6.07, 6.45) is 0. The Morgan fingerprint density at radius 3 is 2.55 bits per heavy atom. The summed E-state index contributed by atoms with van der Waals surface area (Å²) in [5.74, 6) is 1.34. The summed E-state index contributed by atoms with van der Waals surface area (Å²) < 4.78 is 5.79. The molecule has 3 nitrogen and oxygen atoms in total. The quantitative estimate of drug-likeness (QED) is 0.299. The molecule has 0 fully saturated rings. The van der Waals surface area contributed by atoms with Crippen LogP contribution in [0.15, 0.2) is 89.8 Å². The zero-order chi connectivity index (χ0) is 21.6. The number of amides is 1. The van der Waals surface area contributed by atoms with Crippen molar-refractivity contribution < 1.29 is 9.53 Å². The Balaban J connectivity index is 1.56. The number of halogens is 1. The molecule has 0 aliphatic heterocycles. The fourth-order valence-electron chi connectivity index (χ4n) is 3.35. The lowest BCUT2D eigenvalue weighted by Gasteiger charge is -2.13. The highest BCUT2D eigenvalue weighted by atomic mass is 35.5. The van der Waals surface area contributed by atoms with E-state index in [2.05, 4.69) is 5.32 Å². The predicted octanol–water partition coefficient (Wildman–Crippen LogP) is 7.44. The van der Waals surface area contributed by atoms with Gasteiger partial charge in [-0.05, 0) is 60.8 Å². The second-order valence-electron chi connectivity index (χ2n) is 6.98. The lowest BCUT2D eigenvalue weighted by molar-refractivity contribution is 0.102. The van der Waals surface area contributed by atoms with E-state index in [1.54, 1.807) is 11.8 Å². The van der Waals surface area contributed by atoms with Crippen molar-refractivity contribution in [1.29, 1.82) is 0 Å². The Bertz CT molecular complexity index is 1200. The van der Waals surface area contributed by atoms with Crippen molar-refractivity contribution in [3.8, 4) is 5.75 Å². The fraction of sp³-hybridized carbons (Fsp3) is 0.115. The van der Waals surface area contributed by atoms with Crippen LogP contribution in [0.3, 0.4) is 0 Å². The number of nitrogens with one attached hydrogen (secondary N) is 1. The first-order valence-electron chi connectivity index (χ1n) is 10.1. The zero-order valence-electron chi connectivity index (χ0n) is 17.1. The minimum Gasteiger partial charge on any atom is -0.494 e. The summed E-state index contributed by atoms with van der Waals surface area (Å²) >= 11 is 7.66. The normalized spacial score (nSPS) is 10.8. The molecule has 1 N–H and O–H groups in total. The van der Waals surface area contributed by atoms with E-state index >= 15 is 0 Å². The second-order valence-corrected chi connectivity index (χ2v) is 8.46. The first-order chi connectivity index (χ1) is 15.1. The highest BCUT2D eigenvalue weighted by Crippen LogP contribution is 2.30. The summed E-state index contributed by atoms with van der Waals surface area (Å²) in [5, 5.41) is 5.88. The molecule has 0 atom stereocenters. The van der Waals surface area contributed by atoms with Gasteiger partial charge >= 0.3 is 0 Å². The summed E-state index contributed by atoms with van der Waals surface area (Å²) in [5.41, 5.74) is 2.38. The molecule has 0 aliphatic carbocycles. The molecule has 156 valence electrons. The number of benzene rings is 4. The number of ether oxygens (including phenoxy) is 1. The molecule has 1 amide bonds. The van der Waals surface area contributed by atoms with Crippen molar-refractivity contribution in [3.05, 3.63) is 101 Å². The van der Waals surface area contributed by atoms with Crippen molar-refractivity contribution in [3.63, 3.8) is 0 Å². The molecule has 0 spiro atoms. The lowest BCUT2D eigenvalue weighted by atomic mass is 10.1. The maximum absolute atomic E-state index is 13.0. The maximum Gasteiger partial charge on any atom is 0.255 e. The smallest absolute Gasteiger partial charge is 0.255 e. The van der Waals surface area contributed by atoms with E-state index < -0.39 is 0 Å². The van der Waals surface area contributed by atoms with Crippen LogP contribution in [-0.4, -0.2) is 12.5 Å². The van der Waals surface area contributed by atoms with Gasteiger partial charge in [-0.3, -0.25) is 4.79 Å². The van der Waals surface area contributed by atoms with Gasteiger partial charge in [0, 0.05) is 37.9 Å². The Morgan fingerprint density at radius 2 is 1.74 bits per heavy atom. The third-order valence-corrected chi connectivity index (χ3v) is 6.18. The van der Waals surface area contributed by atoms with Crippen molar-refractivity contribution in [2.45, 2.75) is 17.6 Å². The Kier molecular flexibility index (Phi) is 6.80. The molecule has 0 saturated carbocycles. The number of anilines is 1. The van der Waals surface area contributed by atoms with Crippen molar-refractivity contribution in [2.75, 3.05) is 11.9 Å². The molecular formula is C26H22ClNO2S. The van der Waals surface area contributed by atoms with Crippen molar-refractivity contribution >= 4 is 45.7 Å². The first kappa shape index (κ1) is 21.3. The van der Waals surface area contributed by atoms with E-state index in [-0.39, 0.29) is 5.91 Å². The third kappa shape index (κ3) is 5.22. The first-order valence-corrected chi connectivity index (χ1v) is 11.4. The molecule has 5 heteroatoms. The van der Waals surface area contributed by atoms with Gasteiger partial charge in [-0.2, -0.15) is 0 Å². The van der Waals surface area contributed by atoms with E-state index in [4.69, 9.17) is 16.3 Å². The maximum atomic E-state index is 13.0. The average Bonchev–Trinajstić information content (AvgIpc) is 2.80. The SMILES string of the molecule is CCOc1ccc(C(=O)Nc2cccc3ccccc23)cc1CSc1ccc(Cl)cc1. The minimum atomic E-state index is -0.142. The monoisotopic (exact) mass is 447 g/mol. The lowest BCUT2D eigenvalue weighted by Crippen LogP contribution is -2.12. The number of carbonyl (C=O) groups excluding carboxylic acids is 1. The van der Waals surface area contributed by atoms with Crippen LogP contribution in [0, 0.1) is 0 Å². The van der Waals surface area contributed by atoms with Crippen LogP contribution in [0.2, 0.25) is 5.02 Å². The number of fused-ring (bicyclic) bond motifs is 1. The number of hydrogen-bond acceptors (Lipinski definition) is 3. The third-order valence-electron chi connectivity index (χ3n) is 4.87. The van der Waals surface area contributed by atoms with Crippen LogP contribution in [0.25, 0.3) is 10.8 Å². The molecule has 4 aromatic rings. The van der Waals surface area contributed by atoms with Gasteiger partial charge < -0.3 is 10.1 Å². The molecule has 0 saturated heterocycles. The van der Waals surface area contributed by atoms with Crippen LogP contribution in [-0.2, 0) is 5.75 Å². The summed E-state index contributed by atoms with van der Waals surface area (Å²) in [6.45, 7) is 2.53. The molecule has 0 radical (unpaired) electrons. The van der Waals surface area contributed by atoms with Gasteiger partial charge in [0.05, 0.1) is 6.61 Å². The van der Waals surface area contributed by atoms with E-state index in [0.29, 0.717) is 22.9 Å². The van der Waals surface area contributed by atoms with Gasteiger partial charge in [0.2, 0.25) is 0 Å². The number of hydrogen-bond donors (Lipinski definition) is 1. The molecule has 0 bridgehead atoms. The van der Waals surface area contributed by atoms with E-state index in [1.165, 1.54) is 0 Å². The van der Waals surface area contributed by atoms with Gasteiger partial charge in [-0.25, -0.2) is 0 Å². The summed E-state index contributed by atoms with van der Waals surface area (Å²) in [7, 11) is 0. The van der Waals surface area contributed by atoms with Crippen LogP contribution in [0.4, 0.5) is 5.69 Å². The Labute approximate surface area is 191 Å². The highest BCUT2D eigenvalue weighted by Gasteiger charge is 2.13. The van der Waals surface area contributed by atoms with Crippen LogP contribution in [0.5, 0.6) is 5.75 Å². The zero-order valence-corrected chi connectivity index (χ0v) is 18.7. The van der Waals surface area contributed by atoms with Gasteiger partial charge in [0.25, 0.3) is 5.91 Å². The predicted molar refractivity (Wildman–Crippen MR) is 131 cm³/mol. The topological polar surface area (TPSA) is 38.3 Å². The molecule has 4 rings (SSSR count). The van der Waals surface area contributed by atoms with E-state index in [0.717, 1.165) is 32.7 Å². The minimum absolute atomic E-state index is 0.142. The number of thioether (sulfide) groups is 1. The van der Waals surface area contributed by atoms with Crippen molar-refractivity contribution in [1.82, 2.24) is 0 Å². The van der Waals surface area contributed by atoms with Gasteiger partial charge in [0.1, 0.15) is 5.75 Å². The number of rotatable bonds is 7. The number of carbonyl (C=O) groups is 1. The Hall–Kier alpha value is -2.95. The van der Waals surface area contributed by atoms with Gasteiger partial charge in [-0.15, -0.1) is 11.8 Å². The largest absolute Gasteiger partial charge is 0.494 e. The molecular weight excluding hydrogens is 426 g/mol. The van der Waals surface area contributed by atoms with E-state index in [1.807, 2.05) is 91.9 Å². The standard InChI is InChI=1S/C26H22ClNO2S/c1-2-30-25-15-10-19(16-20(25)17-31-22-13-11-21(27)12-14-22)26(29)28-24-9-5-7-18-6-3-4-8-23(18)24/h3-16H,2,17H2,1H3,(H,28,29). The van der Waals surface area contributed by atoms with Crippen LogP contribution < -0.4 is 10.1 Å². The highest BCUT2D eigenvalue weighted by molar-refractivity contribution is 7.98. The summed E-state index contributed by atoms with van der Waals surface area (Å²) in [4.78, 5) is 14.1. The average molecular weight is 448 g/mol. The molecule has 0 heterocycles. The molecule has 4 aromatic carbocycles. The van der Waals surface area contributed by atoms with Gasteiger partial charge in [-0.1, -0.05) is 48.0 Å².